The fourth-order valence-corrected chi connectivity index (χ4v) is 2.35. The number of nitrogens with one attached hydrogen (secondary N) is 1. The molecule has 5 heteroatoms. The smallest absolute Gasteiger partial charge is 0.209 e. The highest BCUT2D eigenvalue weighted by Crippen LogP contribution is 2.26. The molecule has 90 valence electrons. The molecule has 0 heterocycles. The van der Waals surface area contributed by atoms with Crippen molar-refractivity contribution in [3.63, 3.8) is 0 Å². The number of rotatable bonds is 4. The number of benzene rings is 1. The number of sulfonamides is 1. The second-order valence-electron chi connectivity index (χ2n) is 3.86. The molecule has 0 aromatic heterocycles. The van der Waals surface area contributed by atoms with Gasteiger partial charge in [0, 0.05) is 11.6 Å². The van der Waals surface area contributed by atoms with E-state index in [0.717, 1.165) is 17.4 Å². The standard InChI is InChI=1S/C11H17NO3S/c1-8-5-6-11(15-3)10(7-8)9(2)12-16(4,13)14/h5-7,9,12H,1-4H3. The van der Waals surface area contributed by atoms with Crippen LogP contribution in [0.25, 0.3) is 0 Å². The molecule has 1 aromatic carbocycles. The lowest BCUT2D eigenvalue weighted by molar-refractivity contribution is 0.405. The molecule has 1 unspecified atom stereocenters. The van der Waals surface area contributed by atoms with Gasteiger partial charge in [-0.3, -0.25) is 0 Å². The zero-order valence-corrected chi connectivity index (χ0v) is 10.8. The Labute approximate surface area is 96.7 Å². The molecular weight excluding hydrogens is 226 g/mol. The van der Waals surface area contributed by atoms with Crippen molar-refractivity contribution in [3.8, 4) is 5.75 Å². The van der Waals surface area contributed by atoms with E-state index in [0.29, 0.717) is 5.75 Å². The monoisotopic (exact) mass is 243 g/mol. The van der Waals surface area contributed by atoms with Crippen LogP contribution in [0.3, 0.4) is 0 Å². The molecule has 0 bridgehead atoms. The highest BCUT2D eigenvalue weighted by atomic mass is 32.2. The largest absolute Gasteiger partial charge is 0.496 e. The maximum Gasteiger partial charge on any atom is 0.209 e. The van der Waals surface area contributed by atoms with E-state index in [-0.39, 0.29) is 6.04 Å². The number of hydrogen-bond acceptors (Lipinski definition) is 3. The van der Waals surface area contributed by atoms with Crippen molar-refractivity contribution in [1.29, 1.82) is 0 Å². The average Bonchev–Trinajstić information content (AvgIpc) is 2.15. The van der Waals surface area contributed by atoms with Crippen molar-refractivity contribution >= 4 is 10.0 Å². The maximum absolute atomic E-state index is 11.1. The molecule has 0 aliphatic carbocycles. The van der Waals surface area contributed by atoms with Crippen LogP contribution in [0.1, 0.15) is 24.1 Å². The summed E-state index contributed by atoms with van der Waals surface area (Å²) in [4.78, 5) is 0. The first-order valence-corrected chi connectivity index (χ1v) is 6.84. The summed E-state index contributed by atoms with van der Waals surface area (Å²) in [6, 6.07) is 5.38. The molecule has 0 aliphatic rings. The Morgan fingerprint density at radius 3 is 2.50 bits per heavy atom. The Hall–Kier alpha value is -1.07. The quantitative estimate of drug-likeness (QED) is 0.874. The first-order chi connectivity index (χ1) is 7.33. The molecule has 0 saturated carbocycles. The SMILES string of the molecule is COc1ccc(C)cc1C(C)NS(C)(=O)=O. The van der Waals surface area contributed by atoms with Gasteiger partial charge in [-0.2, -0.15) is 0 Å². The van der Waals surface area contributed by atoms with Gasteiger partial charge in [-0.1, -0.05) is 17.7 Å². The van der Waals surface area contributed by atoms with Crippen molar-refractivity contribution in [2.24, 2.45) is 0 Å². The number of aryl methyl sites for hydroxylation is 1. The van der Waals surface area contributed by atoms with E-state index >= 15 is 0 Å². The van der Waals surface area contributed by atoms with Gasteiger partial charge in [0.1, 0.15) is 5.75 Å². The van der Waals surface area contributed by atoms with E-state index in [1.807, 2.05) is 25.1 Å². The first kappa shape index (κ1) is 13.0. The van der Waals surface area contributed by atoms with Crippen LogP contribution >= 0.6 is 0 Å². The lowest BCUT2D eigenvalue weighted by Gasteiger charge is -2.16. The van der Waals surface area contributed by atoms with Crippen molar-refractivity contribution < 1.29 is 13.2 Å². The van der Waals surface area contributed by atoms with Gasteiger partial charge in [0.05, 0.1) is 13.4 Å². The average molecular weight is 243 g/mol. The summed E-state index contributed by atoms with van der Waals surface area (Å²) in [7, 11) is -1.64. The van der Waals surface area contributed by atoms with Crippen molar-refractivity contribution in [2.75, 3.05) is 13.4 Å². The van der Waals surface area contributed by atoms with Gasteiger partial charge in [-0.05, 0) is 19.9 Å². The van der Waals surface area contributed by atoms with Crippen LogP contribution in [0.15, 0.2) is 18.2 Å². The van der Waals surface area contributed by atoms with E-state index in [2.05, 4.69) is 4.72 Å². The van der Waals surface area contributed by atoms with Crippen LogP contribution in [0.2, 0.25) is 0 Å². The van der Waals surface area contributed by atoms with Crippen molar-refractivity contribution in [2.45, 2.75) is 19.9 Å². The number of methoxy groups -OCH3 is 1. The Morgan fingerprint density at radius 2 is 2.00 bits per heavy atom. The van der Waals surface area contributed by atoms with Crippen LogP contribution in [0.5, 0.6) is 5.75 Å². The molecule has 1 rings (SSSR count). The van der Waals surface area contributed by atoms with Crippen molar-refractivity contribution in [1.82, 2.24) is 4.72 Å². The predicted molar refractivity (Wildman–Crippen MR) is 64.1 cm³/mol. The summed E-state index contributed by atoms with van der Waals surface area (Å²) in [5, 5.41) is 0. The fourth-order valence-electron chi connectivity index (χ4n) is 1.58. The topological polar surface area (TPSA) is 55.4 Å². The van der Waals surface area contributed by atoms with E-state index < -0.39 is 10.0 Å². The molecule has 0 spiro atoms. The second kappa shape index (κ2) is 4.84. The van der Waals surface area contributed by atoms with Gasteiger partial charge >= 0.3 is 0 Å². The van der Waals surface area contributed by atoms with Gasteiger partial charge in [0.15, 0.2) is 0 Å². The second-order valence-corrected chi connectivity index (χ2v) is 5.64. The summed E-state index contributed by atoms with van der Waals surface area (Å²) < 4.78 is 30.0. The van der Waals surface area contributed by atoms with Crippen LogP contribution in [-0.2, 0) is 10.0 Å². The molecule has 1 aromatic rings. The van der Waals surface area contributed by atoms with Crippen LogP contribution in [0.4, 0.5) is 0 Å². The van der Waals surface area contributed by atoms with E-state index in [4.69, 9.17) is 4.74 Å². The van der Waals surface area contributed by atoms with E-state index in [1.165, 1.54) is 0 Å². The van der Waals surface area contributed by atoms with Gasteiger partial charge < -0.3 is 4.74 Å². The predicted octanol–water partition coefficient (Wildman–Crippen LogP) is 1.61. The van der Waals surface area contributed by atoms with Gasteiger partial charge in [0.2, 0.25) is 10.0 Å². The molecule has 0 amide bonds. The summed E-state index contributed by atoms with van der Waals surface area (Å²) in [5.41, 5.74) is 1.91. The number of hydrogen-bond donors (Lipinski definition) is 1. The van der Waals surface area contributed by atoms with E-state index in [1.54, 1.807) is 14.0 Å². The lowest BCUT2D eigenvalue weighted by Crippen LogP contribution is -2.25. The molecule has 1 atom stereocenters. The maximum atomic E-state index is 11.1. The Morgan fingerprint density at radius 1 is 1.38 bits per heavy atom. The summed E-state index contributed by atoms with van der Waals surface area (Å²) in [5.74, 6) is 0.689. The molecule has 0 fully saturated rings. The summed E-state index contributed by atoms with van der Waals surface area (Å²) in [6.45, 7) is 3.74. The third-order valence-corrected chi connectivity index (χ3v) is 3.02. The third-order valence-electron chi connectivity index (χ3n) is 2.24. The minimum atomic E-state index is -3.21. The zero-order valence-electron chi connectivity index (χ0n) is 9.94. The fraction of sp³-hybridized carbons (Fsp3) is 0.455. The molecule has 1 N–H and O–H groups in total. The summed E-state index contributed by atoms with van der Waals surface area (Å²) in [6.07, 6.45) is 1.14. The Balaban J connectivity index is 3.06. The summed E-state index contributed by atoms with van der Waals surface area (Å²) >= 11 is 0. The Kier molecular flexibility index (Phi) is 3.93. The molecule has 4 nitrogen and oxygen atoms in total. The molecule has 0 radical (unpaired) electrons. The van der Waals surface area contributed by atoms with Gasteiger partial charge in [0.25, 0.3) is 0 Å². The molecular formula is C11H17NO3S. The van der Waals surface area contributed by atoms with Gasteiger partial charge in [-0.15, -0.1) is 0 Å². The molecule has 0 saturated heterocycles. The van der Waals surface area contributed by atoms with Crippen LogP contribution in [0, 0.1) is 6.92 Å². The zero-order chi connectivity index (χ0) is 12.3. The van der Waals surface area contributed by atoms with Crippen molar-refractivity contribution in [3.05, 3.63) is 29.3 Å². The van der Waals surface area contributed by atoms with Crippen LogP contribution < -0.4 is 9.46 Å². The number of ether oxygens (including phenoxy) is 1. The normalized spacial score (nSPS) is 13.5. The molecule has 16 heavy (non-hydrogen) atoms. The van der Waals surface area contributed by atoms with Crippen LogP contribution in [-0.4, -0.2) is 21.8 Å². The van der Waals surface area contributed by atoms with E-state index in [9.17, 15) is 8.42 Å². The highest BCUT2D eigenvalue weighted by molar-refractivity contribution is 7.88. The first-order valence-electron chi connectivity index (χ1n) is 4.95. The Bertz CT molecular complexity index is 468. The minimum absolute atomic E-state index is 0.301. The molecule has 0 aliphatic heterocycles. The highest BCUT2D eigenvalue weighted by Gasteiger charge is 2.15. The van der Waals surface area contributed by atoms with Gasteiger partial charge in [-0.25, -0.2) is 13.1 Å². The lowest BCUT2D eigenvalue weighted by atomic mass is 10.1. The minimum Gasteiger partial charge on any atom is -0.496 e. The third kappa shape index (κ3) is 3.50.